The summed E-state index contributed by atoms with van der Waals surface area (Å²) >= 11 is 6.21. The van der Waals surface area contributed by atoms with Gasteiger partial charge in [0.05, 0.1) is 24.5 Å². The Morgan fingerprint density at radius 2 is 2.10 bits per heavy atom. The number of hydrogen-bond donors (Lipinski definition) is 3. The second kappa shape index (κ2) is 7.29. The highest BCUT2D eigenvalue weighted by atomic mass is 35.5. The van der Waals surface area contributed by atoms with Crippen molar-refractivity contribution in [1.29, 1.82) is 0 Å². The number of carbonyl (C=O) groups excluding carboxylic acids is 4. The fourth-order valence-corrected chi connectivity index (χ4v) is 5.72. The van der Waals surface area contributed by atoms with Crippen LogP contribution in [0.5, 0.6) is 0 Å². The molecule has 4 heterocycles. The lowest BCUT2D eigenvalue weighted by molar-refractivity contribution is -0.144. The van der Waals surface area contributed by atoms with Gasteiger partial charge in [0, 0.05) is 35.3 Å². The molecule has 0 bridgehead atoms. The average Bonchev–Trinajstić information content (AvgIpc) is 3.46. The van der Waals surface area contributed by atoms with E-state index in [4.69, 9.17) is 22.1 Å². The first-order chi connectivity index (χ1) is 14.8. The lowest BCUT2D eigenvalue weighted by Gasteiger charge is -2.30. The van der Waals surface area contributed by atoms with Crippen LogP contribution in [0.15, 0.2) is 18.2 Å². The van der Waals surface area contributed by atoms with Crippen molar-refractivity contribution in [1.82, 2.24) is 10.2 Å². The lowest BCUT2D eigenvalue weighted by atomic mass is 9.76. The summed E-state index contributed by atoms with van der Waals surface area (Å²) in [6.45, 7) is 0.780. The number of likely N-dealkylation sites (tertiary alicyclic amines) is 1. The number of benzene rings is 1. The molecule has 0 saturated carbocycles. The minimum Gasteiger partial charge on any atom is -0.376 e. The molecule has 5 atom stereocenters. The van der Waals surface area contributed by atoms with Crippen LogP contribution in [-0.4, -0.2) is 53.8 Å². The number of primary amides is 1. The first-order valence-electron chi connectivity index (χ1n) is 10.5. The van der Waals surface area contributed by atoms with Gasteiger partial charge in [-0.05, 0) is 37.5 Å². The van der Waals surface area contributed by atoms with E-state index < -0.39 is 41.1 Å². The van der Waals surface area contributed by atoms with Crippen LogP contribution >= 0.6 is 11.6 Å². The van der Waals surface area contributed by atoms with Crippen molar-refractivity contribution >= 4 is 40.9 Å². The number of amides is 4. The number of hydrogen-bond acceptors (Lipinski definition) is 6. The molecule has 3 fully saturated rings. The van der Waals surface area contributed by atoms with Gasteiger partial charge in [-0.2, -0.15) is 0 Å². The smallest absolute Gasteiger partial charge is 0.250 e. The van der Waals surface area contributed by atoms with Gasteiger partial charge < -0.3 is 15.8 Å². The maximum atomic E-state index is 13.6. The molecule has 164 valence electrons. The summed E-state index contributed by atoms with van der Waals surface area (Å²) < 4.78 is 5.63. The molecule has 0 aromatic heterocycles. The van der Waals surface area contributed by atoms with Gasteiger partial charge >= 0.3 is 0 Å². The first kappa shape index (κ1) is 20.4. The summed E-state index contributed by atoms with van der Waals surface area (Å²) in [6.07, 6.45) is 1.75. The number of halogens is 1. The number of anilines is 1. The molecule has 0 unspecified atom stereocenters. The van der Waals surface area contributed by atoms with Crippen LogP contribution in [0.25, 0.3) is 0 Å². The molecule has 5 rings (SSSR count). The molecule has 9 nitrogen and oxygen atoms in total. The lowest BCUT2D eigenvalue weighted by Crippen LogP contribution is -2.53. The number of carbonyl (C=O) groups is 4. The van der Waals surface area contributed by atoms with Gasteiger partial charge in [0.1, 0.15) is 5.54 Å². The van der Waals surface area contributed by atoms with Crippen molar-refractivity contribution < 1.29 is 23.9 Å². The van der Waals surface area contributed by atoms with E-state index in [1.54, 1.807) is 18.2 Å². The van der Waals surface area contributed by atoms with Crippen LogP contribution in [0.1, 0.15) is 31.2 Å². The van der Waals surface area contributed by atoms with E-state index >= 15 is 0 Å². The third-order valence-corrected chi connectivity index (χ3v) is 7.12. The van der Waals surface area contributed by atoms with Gasteiger partial charge in [0.15, 0.2) is 0 Å². The average molecular weight is 447 g/mol. The molecule has 1 aromatic rings. The molecule has 31 heavy (non-hydrogen) atoms. The highest BCUT2D eigenvalue weighted by Crippen LogP contribution is 2.54. The fraction of sp³-hybridized carbons (Fsp3) is 0.524. The van der Waals surface area contributed by atoms with E-state index in [1.165, 1.54) is 4.90 Å². The molecule has 1 spiro atoms. The molecule has 1 aromatic carbocycles. The van der Waals surface area contributed by atoms with E-state index in [1.807, 2.05) is 0 Å². The van der Waals surface area contributed by atoms with Gasteiger partial charge in [-0.1, -0.05) is 11.6 Å². The minimum atomic E-state index is -1.43. The number of fused-ring (bicyclic) bond motifs is 4. The molecule has 3 saturated heterocycles. The highest BCUT2D eigenvalue weighted by molar-refractivity contribution is 6.31. The Kier molecular flexibility index (Phi) is 4.80. The van der Waals surface area contributed by atoms with Crippen LogP contribution in [0.4, 0.5) is 5.69 Å². The second-order valence-electron chi connectivity index (χ2n) is 8.63. The Morgan fingerprint density at radius 1 is 1.29 bits per heavy atom. The molecular formula is C21H23ClN4O5. The Labute approximate surface area is 183 Å². The number of nitrogens with one attached hydrogen (secondary N) is 2. The highest BCUT2D eigenvalue weighted by Gasteiger charge is 2.70. The van der Waals surface area contributed by atoms with Gasteiger partial charge in [-0.25, -0.2) is 0 Å². The summed E-state index contributed by atoms with van der Waals surface area (Å²) in [4.78, 5) is 52.9. The zero-order valence-electron chi connectivity index (χ0n) is 16.7. The molecule has 0 radical (unpaired) electrons. The second-order valence-corrected chi connectivity index (χ2v) is 9.07. The quantitative estimate of drug-likeness (QED) is 0.565. The predicted octanol–water partition coefficient (Wildman–Crippen LogP) is 0.505. The molecular weight excluding hydrogens is 424 g/mol. The normalized spacial score (nSPS) is 33.8. The van der Waals surface area contributed by atoms with Gasteiger partial charge in [-0.15, -0.1) is 0 Å². The van der Waals surface area contributed by atoms with Crippen molar-refractivity contribution in [3.8, 4) is 0 Å². The Bertz CT molecular complexity index is 994. The van der Waals surface area contributed by atoms with Gasteiger partial charge in [0.25, 0.3) is 0 Å². The van der Waals surface area contributed by atoms with E-state index in [2.05, 4.69) is 10.6 Å². The minimum absolute atomic E-state index is 0.0359. The zero-order chi connectivity index (χ0) is 21.9. The Morgan fingerprint density at radius 3 is 2.81 bits per heavy atom. The van der Waals surface area contributed by atoms with Gasteiger partial charge in [0.2, 0.25) is 23.6 Å². The summed E-state index contributed by atoms with van der Waals surface area (Å²) in [5, 5.41) is 6.49. The molecule has 4 aliphatic heterocycles. The van der Waals surface area contributed by atoms with Crippen LogP contribution in [0.3, 0.4) is 0 Å². The predicted molar refractivity (Wildman–Crippen MR) is 110 cm³/mol. The fourth-order valence-electron chi connectivity index (χ4n) is 5.55. The molecule has 0 aliphatic carbocycles. The summed E-state index contributed by atoms with van der Waals surface area (Å²) in [5.74, 6) is -3.36. The standard InChI is InChI=1S/C21H23ClN4O5/c22-10-3-4-13-12(8-10)21(20(30)24-13)17-16(14(25-21)5-6-15(23)27)18(28)26(19(17)29)9-11-2-1-7-31-11/h3-4,8,11,14,16-17,25H,1-2,5-7,9H2,(H2,23,27)(H,24,30)/t11-,14-,16+,17-,21+/m0/s1. The number of nitrogens with zero attached hydrogens (tertiary/aromatic N) is 1. The number of ether oxygens (including phenoxy) is 1. The number of rotatable bonds is 5. The monoisotopic (exact) mass is 446 g/mol. The van der Waals surface area contributed by atoms with E-state index in [-0.39, 0.29) is 31.4 Å². The van der Waals surface area contributed by atoms with Gasteiger partial charge in [-0.3, -0.25) is 29.4 Å². The Balaban J connectivity index is 1.57. The molecule has 4 amide bonds. The SMILES string of the molecule is NC(=O)CC[C@@H]1N[C@@]2(C(=O)Nc3ccc(Cl)cc32)[C@@H]2C(=O)N(C[C@@H]3CCCO3)C(=O)[C@H]12. The zero-order valence-corrected chi connectivity index (χ0v) is 17.5. The van der Waals surface area contributed by atoms with Crippen molar-refractivity contribution in [2.24, 2.45) is 17.6 Å². The largest absolute Gasteiger partial charge is 0.376 e. The number of nitrogens with two attached hydrogens (primary N) is 1. The van der Waals surface area contributed by atoms with E-state index in [0.29, 0.717) is 22.9 Å². The van der Waals surface area contributed by atoms with Crippen LogP contribution in [0.2, 0.25) is 5.02 Å². The summed E-state index contributed by atoms with van der Waals surface area (Å²) in [7, 11) is 0. The van der Waals surface area contributed by atoms with Crippen LogP contribution < -0.4 is 16.4 Å². The van der Waals surface area contributed by atoms with E-state index in [0.717, 1.165) is 12.8 Å². The van der Waals surface area contributed by atoms with Crippen LogP contribution in [-0.2, 0) is 29.5 Å². The molecule has 4 N–H and O–H groups in total. The maximum Gasteiger partial charge on any atom is 0.250 e. The first-order valence-corrected chi connectivity index (χ1v) is 10.8. The summed E-state index contributed by atoms with van der Waals surface area (Å²) in [6, 6.07) is 4.43. The Hall–Kier alpha value is -2.49. The third kappa shape index (κ3) is 2.98. The van der Waals surface area contributed by atoms with Crippen molar-refractivity contribution in [2.45, 2.75) is 43.4 Å². The third-order valence-electron chi connectivity index (χ3n) is 6.88. The maximum absolute atomic E-state index is 13.6. The molecule has 4 aliphatic rings. The van der Waals surface area contributed by atoms with Crippen molar-refractivity contribution in [3.05, 3.63) is 28.8 Å². The number of imide groups is 1. The van der Waals surface area contributed by atoms with Crippen LogP contribution in [0, 0.1) is 11.8 Å². The topological polar surface area (TPSA) is 131 Å². The van der Waals surface area contributed by atoms with E-state index in [9.17, 15) is 19.2 Å². The summed E-state index contributed by atoms with van der Waals surface area (Å²) in [5.41, 5.74) is 5.00. The van der Waals surface area contributed by atoms with Crippen molar-refractivity contribution in [3.63, 3.8) is 0 Å². The molecule has 10 heteroatoms. The van der Waals surface area contributed by atoms with Crippen molar-refractivity contribution in [2.75, 3.05) is 18.5 Å².